The highest BCUT2D eigenvalue weighted by molar-refractivity contribution is 5.71. The minimum Gasteiger partial charge on any atom is -0.481 e. The summed E-state index contributed by atoms with van der Waals surface area (Å²) in [5.41, 5.74) is -1.39. The van der Waals surface area contributed by atoms with Crippen LogP contribution in [0.3, 0.4) is 0 Å². The van der Waals surface area contributed by atoms with Gasteiger partial charge in [0.15, 0.2) is 0 Å². The lowest BCUT2D eigenvalue weighted by Gasteiger charge is -2.49. The van der Waals surface area contributed by atoms with Crippen molar-refractivity contribution in [2.45, 2.75) is 64.8 Å². The summed E-state index contributed by atoms with van der Waals surface area (Å²) in [4.78, 5) is 11.1. The van der Waals surface area contributed by atoms with E-state index in [1.54, 1.807) is 13.8 Å². The Balaban J connectivity index is 2.88. The van der Waals surface area contributed by atoms with E-state index in [9.17, 15) is 9.90 Å². The average Bonchev–Trinajstić information content (AvgIpc) is 2.13. The van der Waals surface area contributed by atoms with E-state index in [2.05, 4.69) is 0 Å². The van der Waals surface area contributed by atoms with Crippen LogP contribution < -0.4 is 0 Å². The summed E-state index contributed by atoms with van der Waals surface area (Å²) in [6, 6.07) is 0. The molecule has 0 aliphatic carbocycles. The smallest absolute Gasteiger partial charge is 0.309 e. The summed E-state index contributed by atoms with van der Waals surface area (Å²) in [6.45, 7) is 9.33. The number of hydrogen-bond acceptors (Lipinski definition) is 3. The van der Waals surface area contributed by atoms with Gasteiger partial charge in [0.1, 0.15) is 0 Å². The van der Waals surface area contributed by atoms with Crippen LogP contribution in [0.15, 0.2) is 0 Å². The third-order valence-electron chi connectivity index (χ3n) is 3.82. The molecular formula is C13H24O4. The quantitative estimate of drug-likeness (QED) is 0.797. The monoisotopic (exact) mass is 244 g/mol. The van der Waals surface area contributed by atoms with Gasteiger partial charge in [-0.05, 0) is 39.5 Å². The molecule has 0 amide bonds. The predicted molar refractivity (Wildman–Crippen MR) is 64.8 cm³/mol. The second kappa shape index (κ2) is 4.58. The van der Waals surface area contributed by atoms with Crippen LogP contribution in [0.25, 0.3) is 0 Å². The van der Waals surface area contributed by atoms with E-state index in [1.165, 1.54) is 0 Å². The minimum absolute atomic E-state index is 0.0946. The molecule has 17 heavy (non-hydrogen) atoms. The van der Waals surface area contributed by atoms with Gasteiger partial charge in [-0.2, -0.15) is 0 Å². The summed E-state index contributed by atoms with van der Waals surface area (Å²) in [5.74, 6) is -1.23. The topological polar surface area (TPSA) is 66.8 Å². The summed E-state index contributed by atoms with van der Waals surface area (Å²) in [6.07, 6.45) is 0.548. The van der Waals surface area contributed by atoms with Gasteiger partial charge in [0, 0.05) is 0 Å². The molecule has 4 heteroatoms. The number of hydrogen-bond donors (Lipinski definition) is 2. The molecule has 0 aromatic carbocycles. The summed E-state index contributed by atoms with van der Waals surface area (Å²) < 4.78 is 5.93. The van der Waals surface area contributed by atoms with Crippen LogP contribution in [0.5, 0.6) is 0 Å². The molecule has 0 aromatic heterocycles. The number of ether oxygens (including phenoxy) is 1. The normalized spacial score (nSPS) is 34.6. The Kier molecular flexibility index (Phi) is 3.89. The molecule has 1 fully saturated rings. The van der Waals surface area contributed by atoms with Gasteiger partial charge in [-0.1, -0.05) is 13.8 Å². The molecule has 0 spiro atoms. The fraction of sp³-hybridized carbons (Fsp3) is 0.923. The van der Waals surface area contributed by atoms with E-state index >= 15 is 0 Å². The molecule has 0 saturated carbocycles. The maximum absolute atomic E-state index is 11.1. The first kappa shape index (κ1) is 14.5. The Bertz CT molecular complexity index is 298. The van der Waals surface area contributed by atoms with Gasteiger partial charge in [0.2, 0.25) is 0 Å². The Hall–Kier alpha value is -0.610. The van der Waals surface area contributed by atoms with E-state index in [-0.39, 0.29) is 5.92 Å². The number of carbonyl (C=O) groups is 1. The number of aliphatic carboxylic acids is 1. The first-order valence-corrected chi connectivity index (χ1v) is 6.21. The third-order valence-corrected chi connectivity index (χ3v) is 3.82. The Morgan fingerprint density at radius 1 is 1.35 bits per heavy atom. The highest BCUT2D eigenvalue weighted by Gasteiger charge is 2.50. The van der Waals surface area contributed by atoms with Crippen molar-refractivity contribution in [2.24, 2.45) is 11.8 Å². The van der Waals surface area contributed by atoms with Gasteiger partial charge in [-0.15, -0.1) is 0 Å². The van der Waals surface area contributed by atoms with Crippen molar-refractivity contribution in [3.05, 3.63) is 0 Å². The molecule has 0 radical (unpaired) electrons. The van der Waals surface area contributed by atoms with Crippen molar-refractivity contribution in [2.75, 3.05) is 0 Å². The minimum atomic E-state index is -0.823. The van der Waals surface area contributed by atoms with Gasteiger partial charge in [-0.25, -0.2) is 0 Å². The number of aliphatic hydroxyl groups is 1. The molecule has 0 bridgehead atoms. The molecule has 1 saturated heterocycles. The van der Waals surface area contributed by atoms with Crippen LogP contribution in [0.1, 0.15) is 47.5 Å². The summed E-state index contributed by atoms with van der Waals surface area (Å²) in [5, 5.41) is 19.3. The highest BCUT2D eigenvalue weighted by Crippen LogP contribution is 2.42. The zero-order chi connectivity index (χ0) is 13.4. The first-order valence-electron chi connectivity index (χ1n) is 6.21. The molecule has 1 aliphatic rings. The van der Waals surface area contributed by atoms with Crippen molar-refractivity contribution in [3.8, 4) is 0 Å². The van der Waals surface area contributed by atoms with Crippen LogP contribution >= 0.6 is 0 Å². The Labute approximate surface area is 103 Å². The molecule has 1 aliphatic heterocycles. The SMILES string of the molecule is CC(C)[C@@H](O)[C@@]1(C)CC[C@H](C(=O)O)C(C)(C)O1. The van der Waals surface area contributed by atoms with E-state index in [1.807, 2.05) is 20.8 Å². The number of carboxylic acid groups (broad SMARTS) is 1. The van der Waals surface area contributed by atoms with Gasteiger partial charge in [0.25, 0.3) is 0 Å². The van der Waals surface area contributed by atoms with Crippen LogP contribution in [-0.4, -0.2) is 33.5 Å². The maximum Gasteiger partial charge on any atom is 0.309 e. The molecule has 0 unspecified atom stereocenters. The van der Waals surface area contributed by atoms with Crippen molar-refractivity contribution in [3.63, 3.8) is 0 Å². The average molecular weight is 244 g/mol. The fourth-order valence-electron chi connectivity index (χ4n) is 2.84. The standard InChI is InChI=1S/C13H24O4/c1-8(2)10(14)13(5)7-6-9(11(15)16)12(3,4)17-13/h8-10,14H,6-7H2,1-5H3,(H,15,16)/t9-,10-,13-/m1/s1. The molecular weight excluding hydrogens is 220 g/mol. The van der Waals surface area contributed by atoms with Crippen LogP contribution in [0.4, 0.5) is 0 Å². The van der Waals surface area contributed by atoms with Crippen LogP contribution in [0, 0.1) is 11.8 Å². The van der Waals surface area contributed by atoms with Crippen LogP contribution in [-0.2, 0) is 9.53 Å². The van der Waals surface area contributed by atoms with E-state index in [4.69, 9.17) is 9.84 Å². The summed E-state index contributed by atoms with van der Waals surface area (Å²) >= 11 is 0. The number of rotatable bonds is 3. The van der Waals surface area contributed by atoms with Gasteiger partial charge in [-0.3, -0.25) is 4.79 Å². The molecule has 100 valence electrons. The lowest BCUT2D eigenvalue weighted by molar-refractivity contribution is -0.238. The summed E-state index contributed by atoms with van der Waals surface area (Å²) in [7, 11) is 0. The second-order valence-corrected chi connectivity index (χ2v) is 6.14. The maximum atomic E-state index is 11.1. The second-order valence-electron chi connectivity index (χ2n) is 6.14. The molecule has 0 aromatic rings. The Morgan fingerprint density at radius 3 is 2.24 bits per heavy atom. The number of aliphatic hydroxyl groups excluding tert-OH is 1. The molecule has 1 rings (SSSR count). The zero-order valence-electron chi connectivity index (χ0n) is 11.4. The third kappa shape index (κ3) is 2.80. The number of carboxylic acids is 1. The van der Waals surface area contributed by atoms with Crippen molar-refractivity contribution < 1.29 is 19.7 Å². The highest BCUT2D eigenvalue weighted by atomic mass is 16.5. The molecule has 2 N–H and O–H groups in total. The Morgan fingerprint density at radius 2 is 1.88 bits per heavy atom. The molecule has 3 atom stereocenters. The molecule has 1 heterocycles. The van der Waals surface area contributed by atoms with E-state index < -0.39 is 29.2 Å². The van der Waals surface area contributed by atoms with Crippen molar-refractivity contribution in [1.82, 2.24) is 0 Å². The van der Waals surface area contributed by atoms with Crippen LogP contribution in [0.2, 0.25) is 0 Å². The fourth-order valence-corrected chi connectivity index (χ4v) is 2.84. The van der Waals surface area contributed by atoms with E-state index in [0.717, 1.165) is 0 Å². The van der Waals surface area contributed by atoms with E-state index in [0.29, 0.717) is 12.8 Å². The lowest BCUT2D eigenvalue weighted by atomic mass is 9.75. The lowest BCUT2D eigenvalue weighted by Crippen LogP contribution is -2.57. The molecule has 4 nitrogen and oxygen atoms in total. The van der Waals surface area contributed by atoms with Crippen molar-refractivity contribution >= 4 is 5.97 Å². The van der Waals surface area contributed by atoms with Gasteiger partial charge >= 0.3 is 5.97 Å². The predicted octanol–water partition coefficient (Wildman–Crippen LogP) is 2.05. The first-order chi connectivity index (χ1) is 7.60. The van der Waals surface area contributed by atoms with Crippen molar-refractivity contribution in [1.29, 1.82) is 0 Å². The van der Waals surface area contributed by atoms with Gasteiger partial charge < -0.3 is 14.9 Å². The zero-order valence-corrected chi connectivity index (χ0v) is 11.4. The van der Waals surface area contributed by atoms with Gasteiger partial charge in [0.05, 0.1) is 23.2 Å². The largest absolute Gasteiger partial charge is 0.481 e.